The number of amides is 3. The smallest absolute Gasteiger partial charge is 0.326 e. The number of urea groups is 1. The first kappa shape index (κ1) is 15.6. The molecule has 2 aliphatic rings. The molecule has 3 atom stereocenters. The molecule has 0 aliphatic carbocycles. The van der Waals surface area contributed by atoms with Gasteiger partial charge in [-0.2, -0.15) is 0 Å². The molecule has 2 fully saturated rings. The van der Waals surface area contributed by atoms with Crippen LogP contribution in [0.15, 0.2) is 0 Å². The summed E-state index contributed by atoms with van der Waals surface area (Å²) in [5, 5.41) is 21.3. The molecule has 8 nitrogen and oxygen atoms in total. The van der Waals surface area contributed by atoms with Gasteiger partial charge in [-0.1, -0.05) is 0 Å². The molecule has 3 amide bonds. The number of hydrogen-bond donors (Lipinski definition) is 3. The van der Waals surface area contributed by atoms with Crippen LogP contribution in [0.5, 0.6) is 0 Å². The fourth-order valence-corrected chi connectivity index (χ4v) is 3.05. The summed E-state index contributed by atoms with van der Waals surface area (Å²) in [5.74, 6) is -1.25. The lowest BCUT2D eigenvalue weighted by Gasteiger charge is -2.28. The number of nitrogens with zero attached hydrogens (tertiary/aromatic N) is 2. The summed E-state index contributed by atoms with van der Waals surface area (Å²) in [5.41, 5.74) is -0.651. The van der Waals surface area contributed by atoms with Crippen molar-refractivity contribution in [3.8, 4) is 0 Å². The van der Waals surface area contributed by atoms with Crippen LogP contribution >= 0.6 is 0 Å². The quantitative estimate of drug-likeness (QED) is 0.611. The van der Waals surface area contributed by atoms with Crippen molar-refractivity contribution in [2.75, 3.05) is 26.7 Å². The number of aliphatic hydroxyl groups excluding tert-OH is 1. The van der Waals surface area contributed by atoms with E-state index in [2.05, 4.69) is 5.32 Å². The molecule has 0 bridgehead atoms. The van der Waals surface area contributed by atoms with Crippen molar-refractivity contribution in [1.29, 1.82) is 0 Å². The lowest BCUT2D eigenvalue weighted by Crippen LogP contribution is -2.48. The predicted molar refractivity (Wildman–Crippen MR) is 72.5 cm³/mol. The van der Waals surface area contributed by atoms with Crippen LogP contribution in [0.3, 0.4) is 0 Å². The Morgan fingerprint density at radius 1 is 1.33 bits per heavy atom. The Bertz CT molecular complexity index is 469. The average Bonchev–Trinajstić information content (AvgIpc) is 3.01. The summed E-state index contributed by atoms with van der Waals surface area (Å²) < 4.78 is 0. The van der Waals surface area contributed by atoms with E-state index in [4.69, 9.17) is 5.11 Å². The number of nitrogens with one attached hydrogen (secondary N) is 1. The van der Waals surface area contributed by atoms with Crippen LogP contribution in [0.2, 0.25) is 0 Å². The highest BCUT2D eigenvalue weighted by molar-refractivity contribution is 5.86. The molecule has 2 aliphatic heterocycles. The minimum atomic E-state index is -1.12. The van der Waals surface area contributed by atoms with Gasteiger partial charge in [-0.15, -0.1) is 0 Å². The topological polar surface area (TPSA) is 110 Å². The van der Waals surface area contributed by atoms with Gasteiger partial charge in [0.15, 0.2) is 0 Å². The van der Waals surface area contributed by atoms with Gasteiger partial charge in [-0.25, -0.2) is 9.59 Å². The molecule has 0 spiro atoms. The van der Waals surface area contributed by atoms with Crippen LogP contribution in [0.25, 0.3) is 0 Å². The normalized spacial score (nSPS) is 32.3. The van der Waals surface area contributed by atoms with E-state index in [-0.39, 0.29) is 25.4 Å². The Labute approximate surface area is 122 Å². The summed E-state index contributed by atoms with van der Waals surface area (Å²) in [6.07, 6.45) is -0.239. The van der Waals surface area contributed by atoms with Crippen molar-refractivity contribution in [2.45, 2.75) is 31.9 Å². The molecule has 0 aromatic carbocycles. The number of aliphatic carboxylic acids is 1. The predicted octanol–water partition coefficient (Wildman–Crippen LogP) is -0.916. The molecule has 2 unspecified atom stereocenters. The second-order valence-electron chi connectivity index (χ2n) is 5.99. The Morgan fingerprint density at radius 3 is 2.57 bits per heavy atom. The van der Waals surface area contributed by atoms with E-state index >= 15 is 0 Å². The lowest BCUT2D eigenvalue weighted by molar-refractivity contribution is -0.141. The second-order valence-corrected chi connectivity index (χ2v) is 5.99. The molecule has 2 saturated heterocycles. The monoisotopic (exact) mass is 299 g/mol. The van der Waals surface area contributed by atoms with E-state index in [1.807, 2.05) is 0 Å². The van der Waals surface area contributed by atoms with Gasteiger partial charge < -0.3 is 25.3 Å². The number of β-amino-alcohol motifs (C(OH)–C–C–N with tert-alkyl or cyclic N) is 1. The maximum Gasteiger partial charge on any atom is 0.326 e. The zero-order valence-corrected chi connectivity index (χ0v) is 12.2. The molecular formula is C13H21N3O5. The number of hydrogen-bond acceptors (Lipinski definition) is 4. The Balaban J connectivity index is 2.08. The molecule has 0 aromatic rings. The summed E-state index contributed by atoms with van der Waals surface area (Å²) in [7, 11) is 1.55. The van der Waals surface area contributed by atoms with Crippen LogP contribution in [-0.4, -0.2) is 76.7 Å². The lowest BCUT2D eigenvalue weighted by atomic mass is 9.89. The highest BCUT2D eigenvalue weighted by Gasteiger charge is 2.46. The summed E-state index contributed by atoms with van der Waals surface area (Å²) >= 11 is 0. The third-order valence-corrected chi connectivity index (χ3v) is 4.33. The standard InChI is InChI=1S/C13H21N3O5/c1-13(11(20)14-2)3-4-15(7-13)12(21)16-6-8(17)5-9(16)10(18)19/h8-9,17H,3-7H2,1-2H3,(H,14,20)(H,18,19)/t8?,9-,13?/m0/s1. The van der Waals surface area contributed by atoms with E-state index in [0.717, 1.165) is 0 Å². The second kappa shape index (κ2) is 5.51. The van der Waals surface area contributed by atoms with Crippen molar-refractivity contribution in [2.24, 2.45) is 5.41 Å². The minimum absolute atomic E-state index is 0.0169. The first-order valence-electron chi connectivity index (χ1n) is 6.97. The fraction of sp³-hybridized carbons (Fsp3) is 0.769. The van der Waals surface area contributed by atoms with E-state index in [1.165, 1.54) is 9.80 Å². The molecule has 0 radical (unpaired) electrons. The van der Waals surface area contributed by atoms with Crippen LogP contribution in [-0.2, 0) is 9.59 Å². The molecule has 21 heavy (non-hydrogen) atoms. The Kier molecular flexibility index (Phi) is 4.08. The average molecular weight is 299 g/mol. The maximum absolute atomic E-state index is 12.5. The number of rotatable bonds is 2. The van der Waals surface area contributed by atoms with Crippen molar-refractivity contribution < 1.29 is 24.6 Å². The van der Waals surface area contributed by atoms with E-state index in [0.29, 0.717) is 13.0 Å². The number of carbonyl (C=O) groups excluding carboxylic acids is 2. The largest absolute Gasteiger partial charge is 0.480 e. The van der Waals surface area contributed by atoms with E-state index < -0.39 is 29.6 Å². The molecular weight excluding hydrogens is 278 g/mol. The van der Waals surface area contributed by atoms with Gasteiger partial charge in [-0.05, 0) is 13.3 Å². The molecule has 0 aromatic heterocycles. The van der Waals surface area contributed by atoms with Crippen molar-refractivity contribution >= 4 is 17.9 Å². The number of carboxylic acids is 1. The van der Waals surface area contributed by atoms with Crippen LogP contribution < -0.4 is 5.32 Å². The van der Waals surface area contributed by atoms with E-state index in [9.17, 15) is 19.5 Å². The van der Waals surface area contributed by atoms with Gasteiger partial charge in [0, 0.05) is 33.1 Å². The van der Waals surface area contributed by atoms with Crippen LogP contribution in [0.4, 0.5) is 4.79 Å². The van der Waals surface area contributed by atoms with Crippen molar-refractivity contribution in [1.82, 2.24) is 15.1 Å². The highest BCUT2D eigenvalue weighted by Crippen LogP contribution is 2.32. The summed E-state index contributed by atoms with van der Waals surface area (Å²) in [6.45, 7) is 2.46. The molecule has 2 rings (SSSR count). The van der Waals surface area contributed by atoms with Gasteiger partial charge in [0.05, 0.1) is 11.5 Å². The van der Waals surface area contributed by atoms with Crippen LogP contribution in [0.1, 0.15) is 19.8 Å². The summed E-state index contributed by atoms with van der Waals surface area (Å²) in [4.78, 5) is 38.1. The Hall–Kier alpha value is -1.83. The van der Waals surface area contributed by atoms with Crippen molar-refractivity contribution in [3.63, 3.8) is 0 Å². The van der Waals surface area contributed by atoms with Gasteiger partial charge in [0.25, 0.3) is 0 Å². The highest BCUT2D eigenvalue weighted by atomic mass is 16.4. The number of likely N-dealkylation sites (tertiary alicyclic amines) is 2. The fourth-order valence-electron chi connectivity index (χ4n) is 3.05. The van der Waals surface area contributed by atoms with Gasteiger partial charge in [-0.3, -0.25) is 4.79 Å². The molecule has 0 saturated carbocycles. The molecule has 2 heterocycles. The third kappa shape index (κ3) is 2.80. The molecule has 118 valence electrons. The minimum Gasteiger partial charge on any atom is -0.480 e. The number of carboxylic acid groups (broad SMARTS) is 1. The van der Waals surface area contributed by atoms with Gasteiger partial charge in [0.1, 0.15) is 6.04 Å². The number of carbonyl (C=O) groups is 3. The van der Waals surface area contributed by atoms with Gasteiger partial charge >= 0.3 is 12.0 Å². The maximum atomic E-state index is 12.5. The van der Waals surface area contributed by atoms with Crippen molar-refractivity contribution in [3.05, 3.63) is 0 Å². The van der Waals surface area contributed by atoms with Gasteiger partial charge in [0.2, 0.25) is 5.91 Å². The summed E-state index contributed by atoms with van der Waals surface area (Å²) in [6, 6.07) is -1.43. The number of aliphatic hydroxyl groups is 1. The molecule has 3 N–H and O–H groups in total. The zero-order chi connectivity index (χ0) is 15.8. The SMILES string of the molecule is CNC(=O)C1(C)CCN(C(=O)N2CC(O)C[C@H]2C(=O)O)C1. The molecule has 8 heteroatoms. The first-order valence-corrected chi connectivity index (χ1v) is 6.97. The first-order chi connectivity index (χ1) is 9.78. The zero-order valence-electron chi connectivity index (χ0n) is 12.2. The van der Waals surface area contributed by atoms with Crippen LogP contribution in [0, 0.1) is 5.41 Å². The van der Waals surface area contributed by atoms with E-state index in [1.54, 1.807) is 14.0 Å². The third-order valence-electron chi connectivity index (χ3n) is 4.33. The Morgan fingerprint density at radius 2 is 2.00 bits per heavy atom.